The molecule has 0 saturated carbocycles. The van der Waals surface area contributed by atoms with Crippen molar-refractivity contribution < 1.29 is 16.8 Å². The van der Waals surface area contributed by atoms with Gasteiger partial charge in [-0.1, -0.05) is 30.3 Å². The van der Waals surface area contributed by atoms with E-state index in [-0.39, 0.29) is 14.8 Å². The molecular formula is C16H14ClNO4S3. The zero-order chi connectivity index (χ0) is 18.4. The molecule has 0 amide bonds. The van der Waals surface area contributed by atoms with E-state index >= 15 is 0 Å². The molecule has 25 heavy (non-hydrogen) atoms. The lowest BCUT2D eigenvalue weighted by Gasteiger charge is -2.18. The van der Waals surface area contributed by atoms with Crippen LogP contribution in [0.15, 0.2) is 57.6 Å². The van der Waals surface area contributed by atoms with E-state index in [1.807, 2.05) is 24.3 Å². The normalized spacial score (nSPS) is 12.4. The van der Waals surface area contributed by atoms with Crippen LogP contribution in [0.3, 0.4) is 0 Å². The van der Waals surface area contributed by atoms with Gasteiger partial charge >= 0.3 is 0 Å². The van der Waals surface area contributed by atoms with Crippen LogP contribution in [-0.2, 0) is 19.9 Å². The van der Waals surface area contributed by atoms with Gasteiger partial charge in [-0.25, -0.2) is 8.42 Å². The number of halogens is 1. The molecule has 0 aliphatic heterocycles. The van der Waals surface area contributed by atoms with Gasteiger partial charge in [0.15, 0.2) is 9.84 Å². The molecule has 1 aromatic heterocycles. The fraction of sp³-hybridized carbons (Fsp3) is 0.125. The van der Waals surface area contributed by atoms with E-state index in [4.69, 9.17) is 11.8 Å². The molecule has 0 fully saturated rings. The molecule has 0 saturated heterocycles. The smallest absolute Gasteiger partial charge is 0.224 e. The highest BCUT2D eigenvalue weighted by atomic mass is 35.5. The summed E-state index contributed by atoms with van der Waals surface area (Å²) in [7, 11) is -7.76. The molecule has 0 spiro atoms. The van der Waals surface area contributed by atoms with E-state index in [9.17, 15) is 16.8 Å². The number of rotatable bonds is 4. The molecule has 0 bridgehead atoms. The number of sulfonamides is 1. The van der Waals surface area contributed by atoms with Crippen molar-refractivity contribution in [2.75, 3.05) is 10.1 Å². The van der Waals surface area contributed by atoms with Crippen LogP contribution >= 0.6 is 23.1 Å². The average molecular weight is 416 g/mol. The van der Waals surface area contributed by atoms with Crippen molar-refractivity contribution in [1.29, 1.82) is 0 Å². The standard InChI is InChI=1S/C16H14ClNO4S3/c1-11-12-7-3-5-9-14(12)23-16(11)25(21,22)18(17)13-8-4-6-10-15(13)24(2,19)20/h3-10H,1-2H3. The van der Waals surface area contributed by atoms with Crippen molar-refractivity contribution in [2.24, 2.45) is 0 Å². The summed E-state index contributed by atoms with van der Waals surface area (Å²) in [6, 6.07) is 13.1. The van der Waals surface area contributed by atoms with Crippen LogP contribution in [-0.4, -0.2) is 23.1 Å². The van der Waals surface area contributed by atoms with Crippen molar-refractivity contribution >= 4 is 58.7 Å². The molecule has 0 aliphatic rings. The Morgan fingerprint density at radius 2 is 1.56 bits per heavy atom. The van der Waals surface area contributed by atoms with Crippen molar-refractivity contribution in [3.63, 3.8) is 0 Å². The molecule has 0 unspecified atom stereocenters. The Morgan fingerprint density at radius 3 is 2.20 bits per heavy atom. The third-order valence-electron chi connectivity index (χ3n) is 3.70. The summed E-state index contributed by atoms with van der Waals surface area (Å²) < 4.78 is 51.4. The quantitative estimate of drug-likeness (QED) is 0.604. The van der Waals surface area contributed by atoms with Crippen LogP contribution in [0.1, 0.15) is 5.56 Å². The Kier molecular flexibility index (Phi) is 4.57. The molecule has 2 aromatic carbocycles. The van der Waals surface area contributed by atoms with Gasteiger partial charge in [-0.05, 0) is 36.1 Å². The molecule has 132 valence electrons. The Morgan fingerprint density at radius 1 is 0.960 bits per heavy atom. The molecule has 1 heterocycles. The number of aryl methyl sites for hydroxylation is 1. The van der Waals surface area contributed by atoms with Crippen LogP contribution in [0, 0.1) is 6.92 Å². The minimum atomic E-state index is -4.11. The van der Waals surface area contributed by atoms with Gasteiger partial charge in [-0.3, -0.25) is 0 Å². The number of hydrogen-bond donors (Lipinski definition) is 0. The second kappa shape index (κ2) is 6.28. The lowest BCUT2D eigenvalue weighted by Crippen LogP contribution is -2.22. The lowest BCUT2D eigenvalue weighted by molar-refractivity contribution is 0.599. The Hall–Kier alpha value is -1.61. The highest BCUT2D eigenvalue weighted by Crippen LogP contribution is 2.39. The van der Waals surface area contributed by atoms with E-state index in [0.29, 0.717) is 9.39 Å². The highest BCUT2D eigenvalue weighted by molar-refractivity contribution is 7.96. The van der Waals surface area contributed by atoms with Gasteiger partial charge in [0.2, 0.25) is 0 Å². The van der Waals surface area contributed by atoms with Gasteiger partial charge < -0.3 is 0 Å². The summed E-state index contributed by atoms with van der Waals surface area (Å²) in [5, 5.41) is 0.826. The number of sulfone groups is 1. The molecule has 0 atom stereocenters. The van der Waals surface area contributed by atoms with Crippen molar-refractivity contribution in [3.05, 3.63) is 54.1 Å². The third-order valence-corrected chi connectivity index (χ3v) is 8.91. The minimum absolute atomic E-state index is 0.0898. The fourth-order valence-electron chi connectivity index (χ4n) is 2.52. The molecule has 9 heteroatoms. The van der Waals surface area contributed by atoms with Gasteiger partial charge in [0, 0.05) is 22.7 Å². The van der Waals surface area contributed by atoms with Crippen LogP contribution in [0.4, 0.5) is 5.69 Å². The number of thiophene rings is 1. The predicted octanol–water partition coefficient (Wildman–Crippen LogP) is 3.96. The molecular weight excluding hydrogens is 402 g/mol. The first-order valence-electron chi connectivity index (χ1n) is 7.12. The maximum atomic E-state index is 13.0. The largest absolute Gasteiger partial charge is 0.287 e. The van der Waals surface area contributed by atoms with Gasteiger partial charge in [0.05, 0.1) is 10.6 Å². The Labute approximate surface area is 155 Å². The van der Waals surface area contributed by atoms with Crippen molar-refractivity contribution in [3.8, 4) is 0 Å². The summed E-state index contributed by atoms with van der Waals surface area (Å²) >= 11 is 7.23. The topological polar surface area (TPSA) is 71.5 Å². The summed E-state index contributed by atoms with van der Waals surface area (Å²) in [6.07, 6.45) is 1.01. The van der Waals surface area contributed by atoms with Crippen molar-refractivity contribution in [2.45, 2.75) is 16.0 Å². The van der Waals surface area contributed by atoms with E-state index in [1.165, 1.54) is 24.3 Å². The summed E-state index contributed by atoms with van der Waals surface area (Å²) in [5.74, 6) is 0. The fourth-order valence-corrected chi connectivity index (χ4v) is 6.88. The number of nitrogens with zero attached hydrogens (tertiary/aromatic N) is 1. The first-order valence-corrected chi connectivity index (χ1v) is 11.6. The number of anilines is 1. The Balaban J connectivity index is 2.20. The van der Waals surface area contributed by atoms with Gasteiger partial charge in [0.1, 0.15) is 4.21 Å². The highest BCUT2D eigenvalue weighted by Gasteiger charge is 2.31. The monoisotopic (exact) mass is 415 g/mol. The summed E-state index contributed by atoms with van der Waals surface area (Å²) in [4.78, 5) is -0.146. The van der Waals surface area contributed by atoms with E-state index in [1.54, 1.807) is 6.92 Å². The van der Waals surface area contributed by atoms with Crippen LogP contribution < -0.4 is 3.82 Å². The van der Waals surface area contributed by atoms with E-state index in [2.05, 4.69) is 0 Å². The molecule has 3 rings (SSSR count). The summed E-state index contributed by atoms with van der Waals surface area (Å²) in [6.45, 7) is 1.71. The SMILES string of the molecule is Cc1c(S(=O)(=O)N(Cl)c2ccccc2S(C)(=O)=O)sc2ccccc12. The maximum Gasteiger partial charge on any atom is 0.287 e. The van der Waals surface area contributed by atoms with Crippen LogP contribution in [0.2, 0.25) is 0 Å². The van der Waals surface area contributed by atoms with Crippen LogP contribution in [0.5, 0.6) is 0 Å². The first kappa shape index (κ1) is 18.2. The number of para-hydroxylation sites is 1. The molecule has 0 aliphatic carbocycles. The molecule has 0 radical (unpaired) electrons. The molecule has 0 N–H and O–H groups in total. The maximum absolute atomic E-state index is 13.0. The number of benzene rings is 2. The number of hydrogen-bond acceptors (Lipinski definition) is 5. The minimum Gasteiger partial charge on any atom is -0.224 e. The predicted molar refractivity (Wildman–Crippen MR) is 102 cm³/mol. The van der Waals surface area contributed by atoms with Gasteiger partial charge in [0.25, 0.3) is 10.0 Å². The number of fused-ring (bicyclic) bond motifs is 1. The first-order chi connectivity index (χ1) is 11.6. The third kappa shape index (κ3) is 3.15. The average Bonchev–Trinajstić information content (AvgIpc) is 2.91. The van der Waals surface area contributed by atoms with E-state index in [0.717, 1.165) is 27.7 Å². The molecule has 5 nitrogen and oxygen atoms in total. The zero-order valence-corrected chi connectivity index (χ0v) is 16.5. The van der Waals surface area contributed by atoms with Gasteiger partial charge in [-0.2, -0.15) is 12.2 Å². The van der Waals surface area contributed by atoms with Crippen molar-refractivity contribution in [1.82, 2.24) is 0 Å². The second-order valence-corrected chi connectivity index (χ2v) is 11.0. The Bertz CT molecular complexity index is 1170. The zero-order valence-electron chi connectivity index (χ0n) is 13.3. The van der Waals surface area contributed by atoms with Gasteiger partial charge in [-0.15, -0.1) is 11.3 Å². The summed E-state index contributed by atoms with van der Waals surface area (Å²) in [5.41, 5.74) is 0.492. The van der Waals surface area contributed by atoms with E-state index < -0.39 is 19.9 Å². The molecule has 3 aromatic rings. The lowest BCUT2D eigenvalue weighted by atomic mass is 10.2. The second-order valence-electron chi connectivity index (χ2n) is 5.47. The van der Waals surface area contributed by atoms with Crippen LogP contribution in [0.25, 0.3) is 10.1 Å².